The summed E-state index contributed by atoms with van der Waals surface area (Å²) in [6.07, 6.45) is 3.82. The Morgan fingerprint density at radius 1 is 1.30 bits per heavy atom. The van der Waals surface area contributed by atoms with Gasteiger partial charge in [-0.15, -0.1) is 6.58 Å². The van der Waals surface area contributed by atoms with Crippen LogP contribution >= 0.6 is 0 Å². The zero-order valence-electron chi connectivity index (χ0n) is 19.3. The maximum absolute atomic E-state index is 13.4. The number of aromatic amines is 1. The van der Waals surface area contributed by atoms with Crippen molar-refractivity contribution in [2.24, 2.45) is 0 Å². The van der Waals surface area contributed by atoms with Crippen LogP contribution in [0.25, 0.3) is 0 Å². The maximum atomic E-state index is 13.4. The summed E-state index contributed by atoms with van der Waals surface area (Å²) < 4.78 is 1.29. The summed E-state index contributed by atoms with van der Waals surface area (Å²) in [6.45, 7) is 9.17. The van der Waals surface area contributed by atoms with Gasteiger partial charge in [-0.05, 0) is 30.5 Å². The molecule has 1 aromatic heterocycles. The molecule has 0 aliphatic rings. The third-order valence-electron chi connectivity index (χ3n) is 5.18. The molecule has 0 saturated heterocycles. The number of H-pyrrole nitrogens is 1. The minimum Gasteiger partial charge on any atom is -0.383 e. The van der Waals surface area contributed by atoms with Gasteiger partial charge >= 0.3 is 5.69 Å². The van der Waals surface area contributed by atoms with Crippen LogP contribution in [-0.2, 0) is 17.9 Å². The largest absolute Gasteiger partial charge is 0.383 e. The molecular formula is C24H32N6O3. The van der Waals surface area contributed by atoms with Crippen LogP contribution in [0.2, 0.25) is 0 Å². The van der Waals surface area contributed by atoms with E-state index in [2.05, 4.69) is 17.6 Å². The summed E-state index contributed by atoms with van der Waals surface area (Å²) in [5.74, 6) is -0.312. The summed E-state index contributed by atoms with van der Waals surface area (Å²) in [7, 11) is 0. The van der Waals surface area contributed by atoms with Crippen LogP contribution in [0.5, 0.6) is 0 Å². The summed E-state index contributed by atoms with van der Waals surface area (Å²) in [6, 6.07) is 9.30. The van der Waals surface area contributed by atoms with Crippen molar-refractivity contribution in [3.05, 3.63) is 68.9 Å². The number of nitrogen functional groups attached to an aromatic ring is 1. The fourth-order valence-electron chi connectivity index (χ4n) is 3.60. The lowest BCUT2D eigenvalue weighted by atomic mass is 10.1. The first-order valence-electron chi connectivity index (χ1n) is 11.1. The number of amides is 1. The maximum Gasteiger partial charge on any atom is 0.330 e. The molecule has 9 nitrogen and oxygen atoms in total. The molecule has 3 N–H and O–H groups in total. The summed E-state index contributed by atoms with van der Waals surface area (Å²) >= 11 is 0. The molecule has 9 heteroatoms. The molecule has 2 aromatic rings. The number of nitriles is 1. The van der Waals surface area contributed by atoms with Crippen LogP contribution in [0.3, 0.4) is 0 Å². The molecule has 1 heterocycles. The molecule has 176 valence electrons. The second-order valence-electron chi connectivity index (χ2n) is 7.81. The molecule has 0 fully saturated rings. The Morgan fingerprint density at radius 3 is 2.70 bits per heavy atom. The average molecular weight is 453 g/mol. The van der Waals surface area contributed by atoms with E-state index in [4.69, 9.17) is 11.0 Å². The summed E-state index contributed by atoms with van der Waals surface area (Å²) in [5, 5.41) is 9.15. The fraction of sp³-hybridized carbons (Fsp3) is 0.417. The van der Waals surface area contributed by atoms with Gasteiger partial charge in [-0.25, -0.2) is 4.79 Å². The zero-order chi connectivity index (χ0) is 24.4. The number of carbonyl (C=O) groups excluding carboxylic acids is 1. The van der Waals surface area contributed by atoms with Gasteiger partial charge in [0, 0.05) is 26.2 Å². The number of carbonyl (C=O) groups is 1. The van der Waals surface area contributed by atoms with Crippen LogP contribution in [0.15, 0.2) is 46.5 Å². The number of nitrogens with two attached hydrogens (primary N) is 1. The van der Waals surface area contributed by atoms with E-state index in [1.54, 1.807) is 24.3 Å². The van der Waals surface area contributed by atoms with Crippen molar-refractivity contribution in [1.82, 2.24) is 14.5 Å². The van der Waals surface area contributed by atoms with Crippen LogP contribution in [0.4, 0.5) is 11.5 Å². The Hall–Kier alpha value is -3.64. The van der Waals surface area contributed by atoms with Crippen molar-refractivity contribution >= 4 is 17.4 Å². The van der Waals surface area contributed by atoms with E-state index in [0.717, 1.165) is 12.0 Å². The lowest BCUT2D eigenvalue weighted by molar-refractivity contribution is -0.119. The quantitative estimate of drug-likeness (QED) is 0.475. The van der Waals surface area contributed by atoms with Crippen molar-refractivity contribution in [2.75, 3.05) is 30.3 Å². The number of benzene rings is 1. The Balaban J connectivity index is 2.39. The predicted molar refractivity (Wildman–Crippen MR) is 130 cm³/mol. The smallest absolute Gasteiger partial charge is 0.330 e. The van der Waals surface area contributed by atoms with Gasteiger partial charge in [-0.2, -0.15) is 5.26 Å². The molecule has 0 aliphatic heterocycles. The molecule has 0 bridgehead atoms. The number of aromatic nitrogens is 2. The number of hydrogen-bond acceptors (Lipinski definition) is 6. The zero-order valence-corrected chi connectivity index (χ0v) is 19.3. The normalized spacial score (nSPS) is 10.7. The first-order chi connectivity index (χ1) is 15.9. The number of hydrogen-bond donors (Lipinski definition) is 2. The molecular weight excluding hydrogens is 420 g/mol. The van der Waals surface area contributed by atoms with E-state index < -0.39 is 11.2 Å². The fourth-order valence-corrected chi connectivity index (χ4v) is 3.60. The van der Waals surface area contributed by atoms with Crippen molar-refractivity contribution in [1.29, 1.82) is 5.26 Å². The highest BCUT2D eigenvalue weighted by Crippen LogP contribution is 2.19. The molecule has 2 rings (SSSR count). The molecule has 0 aliphatic carbocycles. The monoisotopic (exact) mass is 452 g/mol. The highest BCUT2D eigenvalue weighted by atomic mass is 16.2. The average Bonchev–Trinajstić information content (AvgIpc) is 2.78. The van der Waals surface area contributed by atoms with E-state index in [1.807, 2.05) is 24.8 Å². The molecule has 0 atom stereocenters. The standard InChI is InChI=1S/C24H32N6O3/c1-4-7-13-29(21-22(26)30(12-6-3)24(33)27-23(21)32)20(31)17-28(11-5-2)16-19-10-8-9-18(14-19)15-25/h5,8-10,14H,2,4,6-7,11-13,16-17,26H2,1,3H3,(H,27,32,33). The first-order valence-corrected chi connectivity index (χ1v) is 11.1. The lowest BCUT2D eigenvalue weighted by Gasteiger charge is -2.28. The number of anilines is 2. The van der Waals surface area contributed by atoms with Gasteiger partial charge in [0.25, 0.3) is 5.56 Å². The number of rotatable bonds is 12. The Labute approximate surface area is 193 Å². The molecule has 33 heavy (non-hydrogen) atoms. The summed E-state index contributed by atoms with van der Waals surface area (Å²) in [4.78, 5) is 43.9. The van der Waals surface area contributed by atoms with Crippen LogP contribution in [0.1, 0.15) is 44.2 Å². The van der Waals surface area contributed by atoms with E-state index >= 15 is 0 Å². The second-order valence-corrected chi connectivity index (χ2v) is 7.81. The first kappa shape index (κ1) is 25.6. The molecule has 0 radical (unpaired) electrons. The Morgan fingerprint density at radius 2 is 2.06 bits per heavy atom. The van der Waals surface area contributed by atoms with E-state index in [0.29, 0.717) is 44.6 Å². The number of nitrogens with one attached hydrogen (secondary N) is 1. The van der Waals surface area contributed by atoms with Crippen LogP contribution in [-0.4, -0.2) is 40.0 Å². The highest BCUT2D eigenvalue weighted by Gasteiger charge is 2.25. The minimum atomic E-state index is -0.675. The lowest BCUT2D eigenvalue weighted by Crippen LogP contribution is -2.45. The van der Waals surface area contributed by atoms with Gasteiger partial charge in [0.15, 0.2) is 5.69 Å². The van der Waals surface area contributed by atoms with E-state index in [1.165, 1.54) is 9.47 Å². The van der Waals surface area contributed by atoms with Gasteiger partial charge < -0.3 is 10.6 Å². The van der Waals surface area contributed by atoms with Crippen LogP contribution in [0, 0.1) is 11.3 Å². The number of nitrogens with zero attached hydrogens (tertiary/aromatic N) is 4. The minimum absolute atomic E-state index is 0.00605. The molecule has 0 unspecified atom stereocenters. The molecule has 1 amide bonds. The van der Waals surface area contributed by atoms with E-state index in [9.17, 15) is 14.4 Å². The third-order valence-corrected chi connectivity index (χ3v) is 5.18. The van der Waals surface area contributed by atoms with Gasteiger partial charge in [-0.3, -0.25) is 24.0 Å². The second kappa shape index (κ2) is 12.4. The van der Waals surface area contributed by atoms with Gasteiger partial charge in [0.1, 0.15) is 5.82 Å². The van der Waals surface area contributed by atoms with Gasteiger partial charge in [0.05, 0.1) is 18.2 Å². The van der Waals surface area contributed by atoms with Gasteiger partial charge in [0.2, 0.25) is 5.91 Å². The van der Waals surface area contributed by atoms with Crippen molar-refractivity contribution in [3.8, 4) is 6.07 Å². The molecule has 0 saturated carbocycles. The SMILES string of the molecule is C=CCN(CC(=O)N(CCCC)c1c(N)n(CCC)c(=O)[nH]c1=O)Cc1cccc(C#N)c1. The van der Waals surface area contributed by atoms with E-state index in [-0.39, 0.29) is 24.0 Å². The topological polar surface area (TPSA) is 128 Å². The Kier molecular flexibility index (Phi) is 9.63. The van der Waals surface area contributed by atoms with Crippen LogP contribution < -0.4 is 21.9 Å². The van der Waals surface area contributed by atoms with Gasteiger partial charge in [-0.1, -0.05) is 38.5 Å². The van der Waals surface area contributed by atoms with Crippen molar-refractivity contribution in [3.63, 3.8) is 0 Å². The predicted octanol–water partition coefficient (Wildman–Crippen LogP) is 2.22. The summed E-state index contributed by atoms with van der Waals surface area (Å²) in [5.41, 5.74) is 6.39. The Bertz CT molecular complexity index is 1130. The highest BCUT2D eigenvalue weighted by molar-refractivity contribution is 5.96. The molecule has 1 aromatic carbocycles. The van der Waals surface area contributed by atoms with Crippen molar-refractivity contribution < 1.29 is 4.79 Å². The number of unbranched alkanes of at least 4 members (excludes halogenated alkanes) is 1. The molecule has 0 spiro atoms. The third kappa shape index (κ3) is 6.67. The van der Waals surface area contributed by atoms with Crippen molar-refractivity contribution in [2.45, 2.75) is 46.2 Å².